The van der Waals surface area contributed by atoms with Crippen LogP contribution in [0.5, 0.6) is 0 Å². The molecule has 0 aliphatic rings. The van der Waals surface area contributed by atoms with E-state index >= 15 is 0 Å². The maximum absolute atomic E-state index is 13.4. The van der Waals surface area contributed by atoms with Crippen molar-refractivity contribution < 1.29 is 18.0 Å². The van der Waals surface area contributed by atoms with E-state index in [0.717, 1.165) is 17.0 Å². The Balaban J connectivity index is 1.76. The van der Waals surface area contributed by atoms with Crippen LogP contribution in [-0.4, -0.2) is 12.1 Å². The lowest BCUT2D eigenvalue weighted by Gasteiger charge is -2.03. The number of fused-ring (bicyclic) bond motifs is 1. The molecule has 0 aliphatic carbocycles. The van der Waals surface area contributed by atoms with Gasteiger partial charge in [0.1, 0.15) is 5.82 Å². The summed E-state index contributed by atoms with van der Waals surface area (Å²) in [5.41, 5.74) is 2.32. The summed E-state index contributed by atoms with van der Waals surface area (Å²) in [6.07, 6.45) is 0.913. The van der Waals surface area contributed by atoms with Crippen molar-refractivity contribution in [2.45, 2.75) is 0 Å². The Bertz CT molecular complexity index is 954. The lowest BCUT2D eigenvalue weighted by Crippen LogP contribution is -2.17. The predicted octanol–water partition coefficient (Wildman–Crippen LogP) is 4.02. The summed E-state index contributed by atoms with van der Waals surface area (Å²) in [4.78, 5) is 12.0. The molecule has 0 unspecified atom stereocenters. The van der Waals surface area contributed by atoms with Crippen LogP contribution in [0.25, 0.3) is 10.8 Å². The molecular weight excluding hydrogens is 317 g/mol. The molecule has 0 aliphatic heterocycles. The first-order valence-electron chi connectivity index (χ1n) is 7.01. The highest BCUT2D eigenvalue weighted by Gasteiger charge is 2.09. The summed E-state index contributed by atoms with van der Waals surface area (Å²) in [5.74, 6) is -3.96. The van der Waals surface area contributed by atoms with Crippen LogP contribution < -0.4 is 5.43 Å². The van der Waals surface area contributed by atoms with E-state index in [1.807, 2.05) is 24.3 Å². The number of nitrogens with one attached hydrogen (secondary N) is 1. The molecule has 0 aromatic heterocycles. The monoisotopic (exact) mass is 328 g/mol. The lowest BCUT2D eigenvalue weighted by molar-refractivity contribution is 0.0955. The largest absolute Gasteiger partial charge is 0.271 e. The van der Waals surface area contributed by atoms with Crippen molar-refractivity contribution in [2.24, 2.45) is 5.10 Å². The highest BCUT2D eigenvalue weighted by atomic mass is 19.2. The van der Waals surface area contributed by atoms with Crippen molar-refractivity contribution in [1.82, 2.24) is 5.43 Å². The van der Waals surface area contributed by atoms with E-state index in [1.165, 1.54) is 0 Å². The summed E-state index contributed by atoms with van der Waals surface area (Å²) in [6.45, 7) is 0. The molecule has 1 N–H and O–H groups in total. The molecule has 0 spiro atoms. The first kappa shape index (κ1) is 15.7. The third-order valence-electron chi connectivity index (χ3n) is 3.42. The minimum atomic E-state index is -1.29. The highest BCUT2D eigenvalue weighted by molar-refractivity contribution is 5.98. The molecule has 120 valence electrons. The number of hydrogen-bond acceptors (Lipinski definition) is 2. The second-order valence-corrected chi connectivity index (χ2v) is 5.05. The number of nitrogens with zero attached hydrogens (tertiary/aromatic N) is 1. The van der Waals surface area contributed by atoms with E-state index in [4.69, 9.17) is 0 Å². The number of rotatable bonds is 3. The van der Waals surface area contributed by atoms with Gasteiger partial charge in [-0.15, -0.1) is 0 Å². The Morgan fingerprint density at radius 1 is 0.875 bits per heavy atom. The van der Waals surface area contributed by atoms with E-state index in [1.54, 1.807) is 18.2 Å². The van der Waals surface area contributed by atoms with Crippen molar-refractivity contribution >= 4 is 22.9 Å². The molecule has 6 heteroatoms. The predicted molar refractivity (Wildman–Crippen MR) is 85.3 cm³/mol. The molecule has 0 fully saturated rings. The summed E-state index contributed by atoms with van der Waals surface area (Å²) < 4.78 is 39.3. The van der Waals surface area contributed by atoms with Gasteiger partial charge in [-0.3, -0.25) is 4.79 Å². The summed E-state index contributed by atoms with van der Waals surface area (Å²) in [6, 6.07) is 13.7. The van der Waals surface area contributed by atoms with Gasteiger partial charge < -0.3 is 0 Å². The minimum absolute atomic E-state index is 0.271. The normalized spacial score (nSPS) is 11.1. The van der Waals surface area contributed by atoms with Crippen LogP contribution in [0, 0.1) is 17.5 Å². The number of benzene rings is 3. The minimum Gasteiger partial charge on any atom is -0.267 e. The average molecular weight is 328 g/mol. The molecule has 3 nitrogen and oxygen atoms in total. The van der Waals surface area contributed by atoms with Gasteiger partial charge in [0.05, 0.1) is 6.21 Å². The van der Waals surface area contributed by atoms with Crippen LogP contribution in [0.2, 0.25) is 0 Å². The topological polar surface area (TPSA) is 41.5 Å². The van der Waals surface area contributed by atoms with E-state index in [9.17, 15) is 18.0 Å². The van der Waals surface area contributed by atoms with Gasteiger partial charge in [-0.25, -0.2) is 18.6 Å². The van der Waals surface area contributed by atoms with Gasteiger partial charge in [-0.1, -0.05) is 30.3 Å². The lowest BCUT2D eigenvalue weighted by atomic mass is 10.1. The number of hydrazone groups is 1. The summed E-state index contributed by atoms with van der Waals surface area (Å²) >= 11 is 0. The number of hydrogen-bond donors (Lipinski definition) is 1. The zero-order valence-corrected chi connectivity index (χ0v) is 12.3. The molecule has 0 bridgehead atoms. The van der Waals surface area contributed by atoms with Crippen LogP contribution in [0.1, 0.15) is 15.9 Å². The molecule has 1 amide bonds. The smallest absolute Gasteiger partial charge is 0.267 e. The van der Waals surface area contributed by atoms with Crippen molar-refractivity contribution in [3.63, 3.8) is 0 Å². The Morgan fingerprint density at radius 2 is 1.58 bits per heavy atom. The second kappa shape index (κ2) is 6.54. The van der Waals surface area contributed by atoms with Crippen LogP contribution in [0.4, 0.5) is 13.2 Å². The Hall–Kier alpha value is -3.15. The zero-order valence-electron chi connectivity index (χ0n) is 12.3. The van der Waals surface area contributed by atoms with Gasteiger partial charge in [0.2, 0.25) is 0 Å². The van der Waals surface area contributed by atoms with Crippen molar-refractivity contribution in [3.8, 4) is 0 Å². The molecule has 24 heavy (non-hydrogen) atoms. The molecule has 0 heterocycles. The van der Waals surface area contributed by atoms with Crippen molar-refractivity contribution in [3.05, 3.63) is 83.2 Å². The van der Waals surface area contributed by atoms with E-state index in [0.29, 0.717) is 17.7 Å². The molecule has 0 radical (unpaired) electrons. The third kappa shape index (κ3) is 3.27. The van der Waals surface area contributed by atoms with E-state index in [2.05, 4.69) is 10.5 Å². The average Bonchev–Trinajstić information content (AvgIpc) is 2.58. The molecule has 3 aromatic rings. The summed E-state index contributed by atoms with van der Waals surface area (Å²) in [7, 11) is 0. The Kier molecular flexibility index (Phi) is 4.29. The molecule has 3 aromatic carbocycles. The highest BCUT2D eigenvalue weighted by Crippen LogP contribution is 2.15. The van der Waals surface area contributed by atoms with Gasteiger partial charge in [-0.2, -0.15) is 5.10 Å². The molecular formula is C18H11F3N2O. The maximum atomic E-state index is 13.4. The molecule has 0 saturated heterocycles. The fourth-order valence-electron chi connectivity index (χ4n) is 2.19. The van der Waals surface area contributed by atoms with Crippen LogP contribution in [-0.2, 0) is 0 Å². The first-order valence-corrected chi connectivity index (χ1v) is 7.01. The van der Waals surface area contributed by atoms with Gasteiger partial charge in [0.25, 0.3) is 5.91 Å². The Morgan fingerprint density at radius 3 is 2.38 bits per heavy atom. The number of carbonyl (C=O) groups is 1. The number of carbonyl (C=O) groups excluding carboxylic acids is 1. The van der Waals surface area contributed by atoms with Crippen molar-refractivity contribution in [1.29, 1.82) is 0 Å². The maximum Gasteiger partial charge on any atom is 0.271 e. The van der Waals surface area contributed by atoms with Gasteiger partial charge >= 0.3 is 0 Å². The van der Waals surface area contributed by atoms with Gasteiger partial charge in [0, 0.05) is 17.2 Å². The Labute approximate surface area is 135 Å². The van der Waals surface area contributed by atoms with Crippen LogP contribution in [0.3, 0.4) is 0 Å². The quantitative estimate of drug-likeness (QED) is 0.440. The fourth-order valence-corrected chi connectivity index (χ4v) is 2.19. The molecule has 0 atom stereocenters. The van der Waals surface area contributed by atoms with Crippen LogP contribution in [0.15, 0.2) is 59.7 Å². The molecule has 0 saturated carbocycles. The first-order chi connectivity index (χ1) is 11.5. The van der Waals surface area contributed by atoms with Crippen LogP contribution >= 0.6 is 0 Å². The zero-order chi connectivity index (χ0) is 17.1. The third-order valence-corrected chi connectivity index (χ3v) is 3.42. The van der Waals surface area contributed by atoms with Gasteiger partial charge in [-0.05, 0) is 29.0 Å². The number of amides is 1. The second-order valence-electron chi connectivity index (χ2n) is 5.05. The van der Waals surface area contributed by atoms with Crippen molar-refractivity contribution in [2.75, 3.05) is 0 Å². The standard InChI is InChI=1S/C18H11F3N2O/c19-15-9-17(21)16(20)8-14(15)10-22-23-18(24)13-6-5-11-3-1-2-4-12(11)7-13/h1-10H,(H,23,24)/b22-10+. The summed E-state index contributed by atoms with van der Waals surface area (Å²) in [5, 5.41) is 5.45. The molecule has 3 rings (SSSR count). The van der Waals surface area contributed by atoms with E-state index in [-0.39, 0.29) is 5.56 Å². The fraction of sp³-hybridized carbons (Fsp3) is 0. The van der Waals surface area contributed by atoms with Gasteiger partial charge in [0.15, 0.2) is 11.6 Å². The number of halogens is 3. The van der Waals surface area contributed by atoms with E-state index < -0.39 is 23.4 Å². The SMILES string of the molecule is O=C(N/N=C/c1cc(F)c(F)cc1F)c1ccc2ccccc2c1.